The Hall–Kier alpha value is -1.18. The number of aliphatic carboxylic acids is 1. The number of quaternary nitrogens is 1. The van der Waals surface area contributed by atoms with Gasteiger partial charge >= 0.3 is 5.97 Å². The quantitative estimate of drug-likeness (QED) is 0.278. The number of nitrogens with two attached hydrogens (primary N) is 2. The van der Waals surface area contributed by atoms with Crippen molar-refractivity contribution in [3.05, 3.63) is 0 Å². The van der Waals surface area contributed by atoms with Crippen LogP contribution in [0.15, 0.2) is 0 Å². The molecule has 0 unspecified atom stereocenters. The van der Waals surface area contributed by atoms with E-state index in [0.717, 1.165) is 12.8 Å². The van der Waals surface area contributed by atoms with Crippen LogP contribution < -0.4 is 16.6 Å². The standard InChI is InChI=1S/C13H27N3O4/c1-16(2,3)9-10(8-12(17)18)20-13(19)11(15)6-4-5-7-14/h10-11H,4-9,14-15H2,1-3H3/t10-,11+/m1/s1. The summed E-state index contributed by atoms with van der Waals surface area (Å²) in [5.74, 6) is -1.81. The first-order valence-corrected chi connectivity index (χ1v) is 6.82. The lowest BCUT2D eigenvalue weighted by molar-refractivity contribution is -0.873. The molecule has 4 N–H and O–H groups in total. The van der Waals surface area contributed by atoms with Gasteiger partial charge in [0.25, 0.3) is 0 Å². The fourth-order valence-corrected chi connectivity index (χ4v) is 1.82. The van der Waals surface area contributed by atoms with E-state index in [0.29, 0.717) is 24.0 Å². The number of esters is 1. The highest BCUT2D eigenvalue weighted by Gasteiger charge is 2.25. The first kappa shape index (κ1) is 18.8. The summed E-state index contributed by atoms with van der Waals surface area (Å²) >= 11 is 0. The highest BCUT2D eigenvalue weighted by atomic mass is 16.5. The minimum atomic E-state index is -1.24. The number of carbonyl (C=O) groups is 2. The zero-order chi connectivity index (χ0) is 15.8. The molecule has 0 aliphatic rings. The predicted molar refractivity (Wildman–Crippen MR) is 73.3 cm³/mol. The van der Waals surface area contributed by atoms with Crippen LogP contribution in [0, 0.1) is 0 Å². The van der Waals surface area contributed by atoms with Crippen molar-refractivity contribution < 1.29 is 23.9 Å². The maximum atomic E-state index is 11.8. The van der Waals surface area contributed by atoms with Gasteiger partial charge in [-0.15, -0.1) is 0 Å². The highest BCUT2D eigenvalue weighted by Crippen LogP contribution is 2.08. The number of nitrogens with zero attached hydrogens (tertiary/aromatic N) is 1. The lowest BCUT2D eigenvalue weighted by Crippen LogP contribution is -2.46. The maximum Gasteiger partial charge on any atom is 0.323 e. The van der Waals surface area contributed by atoms with Crippen molar-refractivity contribution >= 4 is 11.9 Å². The van der Waals surface area contributed by atoms with Crippen molar-refractivity contribution in [3.8, 4) is 0 Å². The Morgan fingerprint density at radius 1 is 1.25 bits per heavy atom. The molecule has 0 aromatic rings. The zero-order valence-electron chi connectivity index (χ0n) is 12.6. The van der Waals surface area contributed by atoms with Crippen molar-refractivity contribution in [2.75, 3.05) is 34.2 Å². The second-order valence-corrected chi connectivity index (χ2v) is 6.00. The molecule has 0 amide bonds. The molecule has 0 saturated heterocycles. The molecule has 0 aromatic carbocycles. The Balaban J connectivity index is 4.40. The molecular weight excluding hydrogens is 262 g/mol. The molecule has 0 bridgehead atoms. The summed E-state index contributed by atoms with van der Waals surface area (Å²) in [6.45, 7) is 0.936. The van der Waals surface area contributed by atoms with Gasteiger partial charge in [0.15, 0.2) is 6.10 Å². The number of carbonyl (C=O) groups excluding carboxylic acids is 2. The van der Waals surface area contributed by atoms with Gasteiger partial charge < -0.3 is 30.6 Å². The fourth-order valence-electron chi connectivity index (χ4n) is 1.82. The van der Waals surface area contributed by atoms with Crippen LogP contribution in [-0.4, -0.2) is 62.8 Å². The second-order valence-electron chi connectivity index (χ2n) is 6.00. The van der Waals surface area contributed by atoms with Crippen LogP contribution in [0.1, 0.15) is 25.7 Å². The van der Waals surface area contributed by atoms with Gasteiger partial charge in [0.05, 0.1) is 21.1 Å². The number of hydrogen-bond donors (Lipinski definition) is 2. The summed E-state index contributed by atoms with van der Waals surface area (Å²) < 4.78 is 5.68. The van der Waals surface area contributed by atoms with E-state index in [2.05, 4.69) is 0 Å². The van der Waals surface area contributed by atoms with Crippen molar-refractivity contribution in [2.24, 2.45) is 11.5 Å². The van der Waals surface area contributed by atoms with E-state index < -0.39 is 24.1 Å². The van der Waals surface area contributed by atoms with Crippen LogP contribution in [0.3, 0.4) is 0 Å². The number of likely N-dealkylation sites (N-methyl/N-ethyl adjacent to an activating group) is 1. The van der Waals surface area contributed by atoms with E-state index in [1.54, 1.807) is 0 Å². The number of unbranched alkanes of at least 4 members (excludes halogenated alkanes) is 1. The number of hydrogen-bond acceptors (Lipinski definition) is 6. The molecule has 2 atom stereocenters. The third kappa shape index (κ3) is 9.71. The Morgan fingerprint density at radius 3 is 2.30 bits per heavy atom. The van der Waals surface area contributed by atoms with Crippen LogP contribution >= 0.6 is 0 Å². The van der Waals surface area contributed by atoms with Gasteiger partial charge in [-0.05, 0) is 19.4 Å². The number of rotatable bonds is 10. The maximum absolute atomic E-state index is 11.8. The van der Waals surface area contributed by atoms with Gasteiger partial charge in [-0.1, -0.05) is 6.42 Å². The Labute approximate surface area is 120 Å². The summed E-state index contributed by atoms with van der Waals surface area (Å²) in [7, 11) is 5.66. The molecule has 0 saturated carbocycles. The molecular formula is C13H27N3O4. The van der Waals surface area contributed by atoms with Crippen molar-refractivity contribution in [2.45, 2.75) is 37.8 Å². The van der Waals surface area contributed by atoms with E-state index in [4.69, 9.17) is 16.2 Å². The molecule has 0 aliphatic carbocycles. The van der Waals surface area contributed by atoms with Crippen LogP contribution in [0.5, 0.6) is 0 Å². The largest absolute Gasteiger partial charge is 0.550 e. The lowest BCUT2D eigenvalue weighted by Gasteiger charge is -2.29. The molecule has 0 fully saturated rings. The Bertz CT molecular complexity index is 315. The third-order valence-electron chi connectivity index (χ3n) is 2.70. The van der Waals surface area contributed by atoms with Crippen LogP contribution in [0.4, 0.5) is 0 Å². The SMILES string of the molecule is C[N+](C)(C)C[C@@H](CC(=O)[O-])OC(=O)[C@@H](N)CCCCN. The molecule has 0 aromatic heterocycles. The molecule has 20 heavy (non-hydrogen) atoms. The average molecular weight is 289 g/mol. The second kappa shape index (κ2) is 8.89. The smallest absolute Gasteiger partial charge is 0.323 e. The minimum absolute atomic E-state index is 0.323. The normalized spacial score (nSPS) is 14.7. The lowest BCUT2D eigenvalue weighted by atomic mass is 10.1. The van der Waals surface area contributed by atoms with Crippen LogP contribution in [0.25, 0.3) is 0 Å². The van der Waals surface area contributed by atoms with E-state index in [1.165, 1.54) is 0 Å². The first-order valence-electron chi connectivity index (χ1n) is 6.82. The molecule has 0 aliphatic heterocycles. The average Bonchev–Trinajstić information content (AvgIpc) is 2.25. The topological polar surface area (TPSA) is 118 Å². The van der Waals surface area contributed by atoms with E-state index in [-0.39, 0.29) is 6.42 Å². The predicted octanol–water partition coefficient (Wildman–Crippen LogP) is -1.80. The molecule has 0 heterocycles. The zero-order valence-corrected chi connectivity index (χ0v) is 12.6. The molecule has 7 nitrogen and oxygen atoms in total. The van der Waals surface area contributed by atoms with Crippen LogP contribution in [-0.2, 0) is 14.3 Å². The Morgan fingerprint density at radius 2 is 1.85 bits per heavy atom. The summed E-state index contributed by atoms with van der Waals surface area (Å²) in [4.78, 5) is 22.5. The minimum Gasteiger partial charge on any atom is -0.550 e. The monoisotopic (exact) mass is 289 g/mol. The number of carboxylic acids is 1. The summed E-state index contributed by atoms with van der Waals surface area (Å²) in [6, 6.07) is -0.738. The van der Waals surface area contributed by atoms with E-state index in [9.17, 15) is 14.7 Å². The third-order valence-corrected chi connectivity index (χ3v) is 2.70. The van der Waals surface area contributed by atoms with Gasteiger partial charge in [0, 0.05) is 12.4 Å². The van der Waals surface area contributed by atoms with E-state index in [1.807, 2.05) is 21.1 Å². The Kier molecular flexibility index (Phi) is 8.36. The molecule has 0 spiro atoms. The summed E-state index contributed by atoms with van der Waals surface area (Å²) in [5, 5.41) is 10.7. The highest BCUT2D eigenvalue weighted by molar-refractivity contribution is 5.76. The van der Waals surface area contributed by atoms with Gasteiger partial charge in [-0.3, -0.25) is 4.79 Å². The molecule has 0 rings (SSSR count). The van der Waals surface area contributed by atoms with Crippen molar-refractivity contribution in [1.82, 2.24) is 0 Å². The summed E-state index contributed by atoms with van der Waals surface area (Å²) in [6.07, 6.45) is 0.971. The molecule has 7 heteroatoms. The van der Waals surface area contributed by atoms with Gasteiger partial charge in [0.1, 0.15) is 12.6 Å². The molecule has 0 radical (unpaired) electrons. The van der Waals surface area contributed by atoms with Crippen LogP contribution in [0.2, 0.25) is 0 Å². The van der Waals surface area contributed by atoms with Gasteiger partial charge in [0.2, 0.25) is 0 Å². The summed E-state index contributed by atoms with van der Waals surface area (Å²) in [5.41, 5.74) is 11.1. The number of carboxylic acid groups (broad SMARTS) is 1. The van der Waals surface area contributed by atoms with Gasteiger partial charge in [-0.25, -0.2) is 0 Å². The molecule has 118 valence electrons. The van der Waals surface area contributed by atoms with Gasteiger partial charge in [-0.2, -0.15) is 0 Å². The van der Waals surface area contributed by atoms with Crippen molar-refractivity contribution in [1.29, 1.82) is 0 Å². The van der Waals surface area contributed by atoms with Crippen molar-refractivity contribution in [3.63, 3.8) is 0 Å². The van der Waals surface area contributed by atoms with E-state index >= 15 is 0 Å². The first-order chi connectivity index (χ1) is 9.15. The fraction of sp³-hybridized carbons (Fsp3) is 0.846. The number of ether oxygens (including phenoxy) is 1.